The zero-order chi connectivity index (χ0) is 16.8. The van der Waals surface area contributed by atoms with E-state index in [1.54, 1.807) is 7.11 Å². The number of aryl methyl sites for hydroxylation is 2. The Labute approximate surface area is 137 Å². The Bertz CT molecular complexity index is 682. The lowest BCUT2D eigenvalue weighted by Crippen LogP contribution is -2.37. The average Bonchev–Trinajstić information content (AvgIpc) is 2.55. The van der Waals surface area contributed by atoms with Crippen LogP contribution in [0.2, 0.25) is 0 Å². The van der Waals surface area contributed by atoms with Gasteiger partial charge in [0.05, 0.1) is 13.2 Å². The minimum absolute atomic E-state index is 0.0812. The highest BCUT2D eigenvalue weighted by atomic mass is 16.5. The number of hydrogen-bond donors (Lipinski definition) is 1. The number of nitrogens with one attached hydrogen (secondary N) is 1. The van der Waals surface area contributed by atoms with Crippen molar-refractivity contribution in [2.75, 3.05) is 13.7 Å². The van der Waals surface area contributed by atoms with Crippen LogP contribution in [-0.4, -0.2) is 25.7 Å². The van der Waals surface area contributed by atoms with Crippen molar-refractivity contribution in [3.63, 3.8) is 0 Å². The van der Waals surface area contributed by atoms with Crippen LogP contribution in [0.3, 0.4) is 0 Å². The van der Waals surface area contributed by atoms with Crippen molar-refractivity contribution >= 4 is 5.91 Å². The van der Waals surface area contributed by atoms with E-state index in [0.29, 0.717) is 23.7 Å². The van der Waals surface area contributed by atoms with Crippen molar-refractivity contribution in [3.05, 3.63) is 59.2 Å². The summed E-state index contributed by atoms with van der Waals surface area (Å²) >= 11 is 0. The van der Waals surface area contributed by atoms with Gasteiger partial charge in [-0.2, -0.15) is 0 Å². The molecule has 1 N–H and O–H groups in total. The predicted octanol–water partition coefficient (Wildman–Crippen LogP) is 3.51. The number of rotatable bonds is 6. The topological polar surface area (TPSA) is 47.6 Å². The van der Waals surface area contributed by atoms with Crippen LogP contribution in [0.25, 0.3) is 0 Å². The Morgan fingerprint density at radius 2 is 1.83 bits per heavy atom. The summed E-state index contributed by atoms with van der Waals surface area (Å²) in [6, 6.07) is 13.2. The van der Waals surface area contributed by atoms with Gasteiger partial charge in [0, 0.05) is 5.56 Å². The van der Waals surface area contributed by atoms with Gasteiger partial charge in [-0.1, -0.05) is 29.8 Å². The van der Waals surface area contributed by atoms with Crippen LogP contribution < -0.4 is 14.8 Å². The highest BCUT2D eigenvalue weighted by Gasteiger charge is 2.13. The number of benzene rings is 2. The van der Waals surface area contributed by atoms with Gasteiger partial charge in [-0.3, -0.25) is 4.79 Å². The van der Waals surface area contributed by atoms with Crippen LogP contribution in [0.15, 0.2) is 42.5 Å². The van der Waals surface area contributed by atoms with E-state index < -0.39 is 0 Å². The molecule has 122 valence electrons. The van der Waals surface area contributed by atoms with Gasteiger partial charge in [0.15, 0.2) is 11.5 Å². The van der Waals surface area contributed by atoms with E-state index in [-0.39, 0.29) is 11.9 Å². The van der Waals surface area contributed by atoms with Crippen molar-refractivity contribution in [2.24, 2.45) is 0 Å². The number of carbonyl (C=O) groups excluding carboxylic acids is 1. The van der Waals surface area contributed by atoms with Crippen molar-refractivity contribution in [3.8, 4) is 11.5 Å². The van der Waals surface area contributed by atoms with Gasteiger partial charge >= 0.3 is 0 Å². The Kier molecular flexibility index (Phi) is 5.63. The molecule has 0 aliphatic rings. The molecule has 1 atom stereocenters. The van der Waals surface area contributed by atoms with E-state index >= 15 is 0 Å². The molecule has 2 aromatic rings. The molecule has 1 amide bonds. The van der Waals surface area contributed by atoms with Gasteiger partial charge in [-0.05, 0) is 44.5 Å². The minimum atomic E-state index is -0.118. The summed E-state index contributed by atoms with van der Waals surface area (Å²) in [5, 5.41) is 2.97. The van der Waals surface area contributed by atoms with Gasteiger partial charge in [-0.25, -0.2) is 0 Å². The van der Waals surface area contributed by atoms with Gasteiger partial charge in [0.2, 0.25) is 0 Å². The first kappa shape index (κ1) is 16.9. The minimum Gasteiger partial charge on any atom is -0.493 e. The summed E-state index contributed by atoms with van der Waals surface area (Å²) in [6.07, 6.45) is 0. The predicted molar refractivity (Wildman–Crippen MR) is 91.3 cm³/mol. The molecule has 0 fully saturated rings. The smallest absolute Gasteiger partial charge is 0.251 e. The molecule has 0 aromatic heterocycles. The maximum atomic E-state index is 12.4. The monoisotopic (exact) mass is 313 g/mol. The fourth-order valence-corrected chi connectivity index (χ4v) is 2.28. The Balaban J connectivity index is 1.95. The summed E-state index contributed by atoms with van der Waals surface area (Å²) in [7, 11) is 1.61. The quantitative estimate of drug-likeness (QED) is 0.888. The lowest BCUT2D eigenvalue weighted by atomic mass is 10.0. The molecule has 0 radical (unpaired) electrons. The second kappa shape index (κ2) is 7.68. The molecule has 0 saturated heterocycles. The second-order valence-electron chi connectivity index (χ2n) is 5.65. The van der Waals surface area contributed by atoms with E-state index in [2.05, 4.69) is 5.32 Å². The number of carbonyl (C=O) groups is 1. The number of hydrogen-bond acceptors (Lipinski definition) is 3. The van der Waals surface area contributed by atoms with Crippen LogP contribution in [-0.2, 0) is 0 Å². The first-order chi connectivity index (χ1) is 11.0. The summed E-state index contributed by atoms with van der Waals surface area (Å²) in [4.78, 5) is 12.4. The Morgan fingerprint density at radius 3 is 2.52 bits per heavy atom. The third-order valence-electron chi connectivity index (χ3n) is 3.57. The largest absolute Gasteiger partial charge is 0.493 e. The molecule has 0 saturated carbocycles. The SMILES string of the molecule is COc1ccccc1OCC(C)NC(=O)c1cc(C)ccc1C. The third-order valence-corrected chi connectivity index (χ3v) is 3.57. The van der Waals surface area contributed by atoms with Crippen LogP contribution in [0.1, 0.15) is 28.4 Å². The molecule has 2 rings (SSSR count). The summed E-state index contributed by atoms with van der Waals surface area (Å²) in [6.45, 7) is 6.20. The van der Waals surface area contributed by atoms with Crippen molar-refractivity contribution in [2.45, 2.75) is 26.8 Å². The molecule has 2 aromatic carbocycles. The fraction of sp³-hybridized carbons (Fsp3) is 0.316. The lowest BCUT2D eigenvalue weighted by molar-refractivity contribution is 0.0925. The molecule has 0 bridgehead atoms. The van der Waals surface area contributed by atoms with Gasteiger partial charge in [0.25, 0.3) is 5.91 Å². The number of amides is 1. The zero-order valence-electron chi connectivity index (χ0n) is 14.1. The number of para-hydroxylation sites is 2. The Hall–Kier alpha value is -2.49. The molecule has 4 heteroatoms. The third kappa shape index (κ3) is 4.49. The fourth-order valence-electron chi connectivity index (χ4n) is 2.28. The lowest BCUT2D eigenvalue weighted by Gasteiger charge is -2.17. The van der Waals surface area contributed by atoms with E-state index in [1.807, 2.05) is 63.2 Å². The molecule has 23 heavy (non-hydrogen) atoms. The molecule has 0 spiro atoms. The maximum Gasteiger partial charge on any atom is 0.251 e. The van der Waals surface area contributed by atoms with Gasteiger partial charge in [-0.15, -0.1) is 0 Å². The van der Waals surface area contributed by atoms with Crippen LogP contribution in [0, 0.1) is 13.8 Å². The molecule has 0 aliphatic carbocycles. The van der Waals surface area contributed by atoms with E-state index in [0.717, 1.165) is 11.1 Å². The second-order valence-corrected chi connectivity index (χ2v) is 5.65. The standard InChI is InChI=1S/C19H23NO3/c1-13-9-10-14(2)16(11-13)19(21)20-15(3)12-23-18-8-6-5-7-17(18)22-4/h5-11,15H,12H2,1-4H3,(H,20,21). The van der Waals surface area contributed by atoms with E-state index in [9.17, 15) is 4.79 Å². The molecule has 0 aliphatic heterocycles. The van der Waals surface area contributed by atoms with E-state index in [4.69, 9.17) is 9.47 Å². The molecular weight excluding hydrogens is 290 g/mol. The van der Waals surface area contributed by atoms with Crippen molar-refractivity contribution in [1.82, 2.24) is 5.32 Å². The maximum absolute atomic E-state index is 12.4. The highest BCUT2D eigenvalue weighted by Crippen LogP contribution is 2.25. The average molecular weight is 313 g/mol. The molecule has 0 heterocycles. The molecule has 4 nitrogen and oxygen atoms in total. The highest BCUT2D eigenvalue weighted by molar-refractivity contribution is 5.96. The van der Waals surface area contributed by atoms with Crippen LogP contribution in [0.4, 0.5) is 0 Å². The van der Waals surface area contributed by atoms with Crippen LogP contribution >= 0.6 is 0 Å². The Morgan fingerprint density at radius 1 is 1.13 bits per heavy atom. The van der Waals surface area contributed by atoms with Crippen molar-refractivity contribution < 1.29 is 14.3 Å². The first-order valence-electron chi connectivity index (χ1n) is 7.65. The summed E-state index contributed by atoms with van der Waals surface area (Å²) in [5.41, 5.74) is 2.73. The number of ether oxygens (including phenoxy) is 2. The first-order valence-corrected chi connectivity index (χ1v) is 7.65. The zero-order valence-corrected chi connectivity index (χ0v) is 14.1. The molecular formula is C19H23NO3. The molecule has 1 unspecified atom stereocenters. The van der Waals surface area contributed by atoms with Gasteiger partial charge in [0.1, 0.15) is 6.61 Å². The number of methoxy groups -OCH3 is 1. The normalized spacial score (nSPS) is 11.7. The van der Waals surface area contributed by atoms with Crippen molar-refractivity contribution in [1.29, 1.82) is 0 Å². The summed E-state index contributed by atoms with van der Waals surface area (Å²) < 4.78 is 11.0. The van der Waals surface area contributed by atoms with Crippen LogP contribution in [0.5, 0.6) is 11.5 Å². The summed E-state index contributed by atoms with van der Waals surface area (Å²) in [5.74, 6) is 1.27. The van der Waals surface area contributed by atoms with E-state index in [1.165, 1.54) is 0 Å². The van der Waals surface area contributed by atoms with Gasteiger partial charge < -0.3 is 14.8 Å².